The minimum atomic E-state index is 0.0619. The first kappa shape index (κ1) is 18.8. The third-order valence-electron chi connectivity index (χ3n) is 4.80. The molecule has 1 aliphatic rings. The Kier molecular flexibility index (Phi) is 7.00. The highest BCUT2D eigenvalue weighted by Gasteiger charge is 2.27. The molecule has 1 aromatic carbocycles. The van der Waals surface area contributed by atoms with Gasteiger partial charge < -0.3 is 10.2 Å². The lowest BCUT2D eigenvalue weighted by molar-refractivity contribution is -0.125. The van der Waals surface area contributed by atoms with Gasteiger partial charge in [0, 0.05) is 37.6 Å². The van der Waals surface area contributed by atoms with Gasteiger partial charge >= 0.3 is 0 Å². The second-order valence-electron chi connectivity index (χ2n) is 6.94. The highest BCUT2D eigenvalue weighted by molar-refractivity contribution is 7.09. The van der Waals surface area contributed by atoms with Crippen molar-refractivity contribution in [3.63, 3.8) is 0 Å². The van der Waals surface area contributed by atoms with Crippen LogP contribution in [0.15, 0.2) is 30.3 Å². The second-order valence-corrected chi connectivity index (χ2v) is 7.67. The molecule has 1 fully saturated rings. The molecule has 2 aromatic rings. The lowest BCUT2D eigenvalue weighted by atomic mass is 9.97. The number of amides is 1. The molecule has 5 nitrogen and oxygen atoms in total. The Labute approximate surface area is 160 Å². The van der Waals surface area contributed by atoms with Crippen LogP contribution in [0.5, 0.6) is 0 Å². The molecule has 0 radical (unpaired) electrons. The fourth-order valence-corrected chi connectivity index (χ4v) is 4.04. The minimum absolute atomic E-state index is 0.0619. The Morgan fingerprint density at radius 1 is 1.31 bits per heavy atom. The van der Waals surface area contributed by atoms with Crippen LogP contribution in [-0.4, -0.2) is 34.9 Å². The van der Waals surface area contributed by atoms with Crippen molar-refractivity contribution in [2.24, 2.45) is 5.92 Å². The van der Waals surface area contributed by atoms with Gasteiger partial charge in [0.05, 0.1) is 5.92 Å². The lowest BCUT2D eigenvalue weighted by Gasteiger charge is -2.31. The van der Waals surface area contributed by atoms with Crippen molar-refractivity contribution in [1.29, 1.82) is 0 Å². The normalized spacial score (nSPS) is 17.3. The summed E-state index contributed by atoms with van der Waals surface area (Å²) in [5.74, 6) is 1.12. The Morgan fingerprint density at radius 2 is 2.15 bits per heavy atom. The zero-order valence-electron chi connectivity index (χ0n) is 15.5. The highest BCUT2D eigenvalue weighted by Crippen LogP contribution is 2.25. The highest BCUT2D eigenvalue weighted by atomic mass is 32.1. The van der Waals surface area contributed by atoms with Crippen LogP contribution in [0.1, 0.15) is 50.4 Å². The summed E-state index contributed by atoms with van der Waals surface area (Å²) < 4.78 is 4.51. The van der Waals surface area contributed by atoms with Crippen molar-refractivity contribution in [3.05, 3.63) is 41.7 Å². The molecule has 1 N–H and O–H groups in total. The van der Waals surface area contributed by atoms with Crippen molar-refractivity contribution >= 4 is 22.6 Å². The van der Waals surface area contributed by atoms with Crippen molar-refractivity contribution in [2.45, 2.75) is 45.4 Å². The van der Waals surface area contributed by atoms with Gasteiger partial charge in [0.1, 0.15) is 5.82 Å². The number of unbranched alkanes of at least 4 members (excludes halogenated alkanes) is 2. The fraction of sp³-hybridized carbons (Fsp3) is 0.550. The van der Waals surface area contributed by atoms with E-state index in [1.165, 1.54) is 29.9 Å². The predicted molar refractivity (Wildman–Crippen MR) is 107 cm³/mol. The molecule has 6 heteroatoms. The number of hydrogen-bond acceptors (Lipinski definition) is 5. The first-order valence-electron chi connectivity index (χ1n) is 9.65. The molecule has 26 heavy (non-hydrogen) atoms. The van der Waals surface area contributed by atoms with Gasteiger partial charge in [-0.1, -0.05) is 50.1 Å². The van der Waals surface area contributed by atoms with Crippen molar-refractivity contribution < 1.29 is 4.79 Å². The maximum Gasteiger partial charge on any atom is 0.224 e. The van der Waals surface area contributed by atoms with Crippen molar-refractivity contribution in [2.75, 3.05) is 24.5 Å². The number of hydrogen-bond donors (Lipinski definition) is 1. The molecule has 1 atom stereocenters. The summed E-state index contributed by atoms with van der Waals surface area (Å²) in [5, 5.41) is 4.04. The number of benzene rings is 1. The van der Waals surface area contributed by atoms with Gasteiger partial charge in [0.25, 0.3) is 0 Å². The van der Waals surface area contributed by atoms with E-state index in [1.807, 2.05) is 18.2 Å². The molecule has 0 unspecified atom stereocenters. The summed E-state index contributed by atoms with van der Waals surface area (Å²) >= 11 is 1.45. The number of anilines is 1. The Morgan fingerprint density at radius 3 is 2.96 bits per heavy atom. The maximum atomic E-state index is 12.4. The number of aromatic nitrogens is 2. The average molecular weight is 373 g/mol. The molecule has 140 valence electrons. The van der Waals surface area contributed by atoms with Gasteiger partial charge in [-0.15, -0.1) is 0 Å². The number of carbonyl (C=O) groups is 1. The largest absolute Gasteiger partial charge is 0.356 e. The van der Waals surface area contributed by atoms with E-state index in [1.54, 1.807) is 0 Å². The van der Waals surface area contributed by atoms with Crippen molar-refractivity contribution in [1.82, 2.24) is 14.7 Å². The van der Waals surface area contributed by atoms with Gasteiger partial charge in [-0.3, -0.25) is 4.79 Å². The van der Waals surface area contributed by atoms with E-state index in [0.717, 1.165) is 56.3 Å². The first-order valence-corrected chi connectivity index (χ1v) is 10.4. The number of rotatable bonds is 8. The molecule has 0 aliphatic carbocycles. The summed E-state index contributed by atoms with van der Waals surface area (Å²) in [5.41, 5.74) is 1.22. The molecular formula is C20H28N4OS. The fourth-order valence-electron chi connectivity index (χ4n) is 3.32. The van der Waals surface area contributed by atoms with E-state index in [4.69, 9.17) is 4.98 Å². The van der Waals surface area contributed by atoms with E-state index in [9.17, 15) is 4.79 Å². The van der Waals surface area contributed by atoms with Crippen LogP contribution in [0.2, 0.25) is 0 Å². The molecule has 0 saturated carbocycles. The first-order chi connectivity index (χ1) is 12.8. The number of nitrogens with one attached hydrogen (secondary N) is 1. The van der Waals surface area contributed by atoms with Crippen LogP contribution in [-0.2, 0) is 11.2 Å². The molecule has 3 rings (SSSR count). The minimum Gasteiger partial charge on any atom is -0.356 e. The monoisotopic (exact) mass is 372 g/mol. The third kappa shape index (κ3) is 5.27. The number of carbonyl (C=O) groups excluding carboxylic acids is 1. The van der Waals surface area contributed by atoms with Gasteiger partial charge in [-0.2, -0.15) is 4.37 Å². The summed E-state index contributed by atoms with van der Waals surface area (Å²) in [6, 6.07) is 10.3. The molecule has 0 spiro atoms. The van der Waals surface area contributed by atoms with Crippen LogP contribution >= 0.6 is 11.5 Å². The number of piperidine rings is 1. The standard InChI is InChI=1S/C20H28N4OS/c1-2-3-7-12-21-19(25)17-11-8-13-24(15-17)20-22-18(23-26-20)14-16-9-5-4-6-10-16/h4-6,9-10,17H,2-3,7-8,11-15H2,1H3,(H,21,25)/t17-/m0/s1. The Bertz CT molecular complexity index is 688. The smallest absolute Gasteiger partial charge is 0.224 e. The summed E-state index contributed by atoms with van der Waals surface area (Å²) in [7, 11) is 0. The quantitative estimate of drug-likeness (QED) is 0.719. The molecule has 1 aliphatic heterocycles. The van der Waals surface area contributed by atoms with Gasteiger partial charge in [0.2, 0.25) is 11.0 Å². The molecular weight excluding hydrogens is 344 g/mol. The van der Waals surface area contributed by atoms with Crippen LogP contribution in [0.4, 0.5) is 5.13 Å². The van der Waals surface area contributed by atoms with E-state index >= 15 is 0 Å². The van der Waals surface area contributed by atoms with E-state index in [0.29, 0.717) is 0 Å². The Balaban J connectivity index is 1.53. The zero-order chi connectivity index (χ0) is 18.2. The van der Waals surface area contributed by atoms with Crippen LogP contribution < -0.4 is 10.2 Å². The van der Waals surface area contributed by atoms with E-state index in [2.05, 4.69) is 33.6 Å². The average Bonchev–Trinajstić information content (AvgIpc) is 3.14. The number of nitrogens with zero attached hydrogens (tertiary/aromatic N) is 3. The lowest BCUT2D eigenvalue weighted by Crippen LogP contribution is -2.43. The van der Waals surface area contributed by atoms with Crippen LogP contribution in [0, 0.1) is 5.92 Å². The molecule has 0 bridgehead atoms. The van der Waals surface area contributed by atoms with E-state index < -0.39 is 0 Å². The predicted octanol–water partition coefficient (Wildman–Crippen LogP) is 3.65. The third-order valence-corrected chi connectivity index (χ3v) is 5.62. The van der Waals surface area contributed by atoms with Gasteiger partial charge in [-0.05, 0) is 24.8 Å². The van der Waals surface area contributed by atoms with Gasteiger partial charge in [0.15, 0.2) is 0 Å². The van der Waals surface area contributed by atoms with Crippen LogP contribution in [0.25, 0.3) is 0 Å². The topological polar surface area (TPSA) is 58.1 Å². The zero-order valence-corrected chi connectivity index (χ0v) is 16.3. The molecule has 1 amide bonds. The van der Waals surface area contributed by atoms with Gasteiger partial charge in [-0.25, -0.2) is 4.98 Å². The molecule has 2 heterocycles. The summed E-state index contributed by atoms with van der Waals surface area (Å²) in [4.78, 5) is 19.4. The van der Waals surface area contributed by atoms with E-state index in [-0.39, 0.29) is 11.8 Å². The van der Waals surface area contributed by atoms with Crippen LogP contribution in [0.3, 0.4) is 0 Å². The second kappa shape index (κ2) is 9.67. The SMILES string of the molecule is CCCCCNC(=O)[C@H]1CCCN(c2nc(Cc3ccccc3)ns2)C1. The summed E-state index contributed by atoms with van der Waals surface area (Å²) in [6.07, 6.45) is 6.17. The van der Waals surface area contributed by atoms with Crippen molar-refractivity contribution in [3.8, 4) is 0 Å². The molecule has 1 saturated heterocycles. The molecule has 1 aromatic heterocycles. The summed E-state index contributed by atoms with van der Waals surface area (Å²) in [6.45, 7) is 4.68. The Hall–Kier alpha value is -1.95. The maximum absolute atomic E-state index is 12.4.